The SMILES string of the molecule is C[C@@H](C[C@@H](O)c1ccccc1)NC(=O)c1cccc(F)c1F. The summed E-state index contributed by atoms with van der Waals surface area (Å²) in [5.41, 5.74) is 0.390. The fourth-order valence-electron chi connectivity index (χ4n) is 2.19. The van der Waals surface area contributed by atoms with Crippen molar-refractivity contribution in [2.45, 2.75) is 25.5 Å². The molecule has 2 atom stereocenters. The Labute approximate surface area is 127 Å². The van der Waals surface area contributed by atoms with Crippen LogP contribution in [0.5, 0.6) is 0 Å². The van der Waals surface area contributed by atoms with Gasteiger partial charge < -0.3 is 10.4 Å². The number of carbonyl (C=O) groups is 1. The molecular formula is C17H17F2NO2. The fraction of sp³-hybridized carbons (Fsp3) is 0.235. The molecule has 0 aromatic heterocycles. The Bertz CT molecular complexity index is 646. The minimum atomic E-state index is -1.17. The van der Waals surface area contributed by atoms with Gasteiger partial charge in [-0.2, -0.15) is 0 Å². The Balaban J connectivity index is 1.98. The van der Waals surface area contributed by atoms with E-state index in [9.17, 15) is 18.7 Å². The van der Waals surface area contributed by atoms with Crippen LogP contribution in [0.3, 0.4) is 0 Å². The average Bonchev–Trinajstić information content (AvgIpc) is 2.50. The van der Waals surface area contributed by atoms with Gasteiger partial charge in [0.05, 0.1) is 11.7 Å². The molecule has 2 rings (SSSR count). The van der Waals surface area contributed by atoms with Crippen LogP contribution in [0.25, 0.3) is 0 Å². The molecule has 0 aliphatic rings. The van der Waals surface area contributed by atoms with E-state index in [4.69, 9.17) is 0 Å². The lowest BCUT2D eigenvalue weighted by Crippen LogP contribution is -2.34. The van der Waals surface area contributed by atoms with Crippen molar-refractivity contribution >= 4 is 5.91 Å². The second-order valence-corrected chi connectivity index (χ2v) is 5.14. The van der Waals surface area contributed by atoms with E-state index in [-0.39, 0.29) is 12.0 Å². The van der Waals surface area contributed by atoms with E-state index in [0.717, 1.165) is 11.6 Å². The van der Waals surface area contributed by atoms with Gasteiger partial charge in [-0.05, 0) is 31.0 Å². The first-order valence-corrected chi connectivity index (χ1v) is 6.97. The van der Waals surface area contributed by atoms with E-state index in [1.54, 1.807) is 19.1 Å². The van der Waals surface area contributed by atoms with Crippen LogP contribution in [-0.2, 0) is 0 Å². The highest BCUT2D eigenvalue weighted by Crippen LogP contribution is 2.18. The number of rotatable bonds is 5. The number of amides is 1. The standard InChI is InChI=1S/C17H17F2NO2/c1-11(10-15(21)12-6-3-2-4-7-12)20-17(22)13-8-5-9-14(18)16(13)19/h2-9,11,15,21H,10H2,1H3,(H,20,22)/t11-,15+/m0/s1. The summed E-state index contributed by atoms with van der Waals surface area (Å²) in [7, 11) is 0. The van der Waals surface area contributed by atoms with Gasteiger partial charge in [0, 0.05) is 6.04 Å². The van der Waals surface area contributed by atoms with Crippen LogP contribution in [0.2, 0.25) is 0 Å². The summed E-state index contributed by atoms with van der Waals surface area (Å²) in [6.07, 6.45) is -0.471. The Morgan fingerprint density at radius 2 is 1.82 bits per heavy atom. The number of hydrogen-bond donors (Lipinski definition) is 2. The second kappa shape index (κ2) is 7.13. The number of hydrogen-bond acceptors (Lipinski definition) is 2. The van der Waals surface area contributed by atoms with Crippen LogP contribution < -0.4 is 5.32 Å². The molecule has 0 fully saturated rings. The van der Waals surface area contributed by atoms with Crippen LogP contribution in [0.1, 0.15) is 35.4 Å². The highest BCUT2D eigenvalue weighted by molar-refractivity contribution is 5.94. The predicted octanol–water partition coefficient (Wildman–Crippen LogP) is 3.21. The van der Waals surface area contributed by atoms with Crippen molar-refractivity contribution in [3.63, 3.8) is 0 Å². The summed E-state index contributed by atoms with van der Waals surface area (Å²) in [6.45, 7) is 1.70. The van der Waals surface area contributed by atoms with E-state index in [1.807, 2.05) is 18.2 Å². The highest BCUT2D eigenvalue weighted by atomic mass is 19.2. The van der Waals surface area contributed by atoms with Crippen molar-refractivity contribution in [2.24, 2.45) is 0 Å². The number of aliphatic hydroxyl groups excluding tert-OH is 1. The van der Waals surface area contributed by atoms with Gasteiger partial charge in [-0.3, -0.25) is 4.79 Å². The van der Waals surface area contributed by atoms with E-state index in [0.29, 0.717) is 0 Å². The van der Waals surface area contributed by atoms with E-state index in [1.165, 1.54) is 12.1 Å². The van der Waals surface area contributed by atoms with E-state index >= 15 is 0 Å². The summed E-state index contributed by atoms with van der Waals surface area (Å²) in [4.78, 5) is 11.9. The first-order chi connectivity index (χ1) is 10.5. The Kier molecular flexibility index (Phi) is 5.22. The van der Waals surface area contributed by atoms with Crippen molar-refractivity contribution in [3.05, 3.63) is 71.3 Å². The third-order valence-electron chi connectivity index (χ3n) is 3.33. The van der Waals surface area contributed by atoms with Gasteiger partial charge in [-0.15, -0.1) is 0 Å². The quantitative estimate of drug-likeness (QED) is 0.891. The van der Waals surface area contributed by atoms with Crippen LogP contribution >= 0.6 is 0 Å². The molecule has 0 saturated carbocycles. The molecule has 5 heteroatoms. The predicted molar refractivity (Wildman–Crippen MR) is 79.3 cm³/mol. The Hall–Kier alpha value is -2.27. The van der Waals surface area contributed by atoms with Crippen LogP contribution in [-0.4, -0.2) is 17.1 Å². The van der Waals surface area contributed by atoms with Gasteiger partial charge in [0.1, 0.15) is 0 Å². The maximum Gasteiger partial charge on any atom is 0.254 e. The summed E-state index contributed by atoms with van der Waals surface area (Å²) >= 11 is 0. The van der Waals surface area contributed by atoms with Gasteiger partial charge in [-0.25, -0.2) is 8.78 Å². The Morgan fingerprint density at radius 1 is 1.14 bits per heavy atom. The first-order valence-electron chi connectivity index (χ1n) is 6.97. The van der Waals surface area contributed by atoms with Gasteiger partial charge in [0.2, 0.25) is 0 Å². The van der Waals surface area contributed by atoms with Gasteiger partial charge >= 0.3 is 0 Å². The molecule has 0 bridgehead atoms. The molecule has 0 radical (unpaired) electrons. The van der Waals surface area contributed by atoms with E-state index in [2.05, 4.69) is 5.32 Å². The minimum Gasteiger partial charge on any atom is -0.388 e. The summed E-state index contributed by atoms with van der Waals surface area (Å²) in [5, 5.41) is 12.6. The van der Waals surface area contributed by atoms with Crippen molar-refractivity contribution in [1.82, 2.24) is 5.32 Å². The molecule has 2 aromatic rings. The number of carbonyl (C=O) groups excluding carboxylic acids is 1. The van der Waals surface area contributed by atoms with Crippen molar-refractivity contribution in [3.8, 4) is 0 Å². The molecule has 1 amide bonds. The lowest BCUT2D eigenvalue weighted by molar-refractivity contribution is 0.0912. The number of halogens is 2. The molecule has 0 aliphatic heterocycles. The molecule has 0 unspecified atom stereocenters. The maximum absolute atomic E-state index is 13.5. The third-order valence-corrected chi connectivity index (χ3v) is 3.33. The van der Waals surface area contributed by atoms with Crippen LogP contribution in [0.15, 0.2) is 48.5 Å². The average molecular weight is 305 g/mol. The highest BCUT2D eigenvalue weighted by Gasteiger charge is 2.18. The molecule has 3 nitrogen and oxygen atoms in total. The molecule has 0 spiro atoms. The normalized spacial score (nSPS) is 13.5. The zero-order valence-corrected chi connectivity index (χ0v) is 12.1. The summed E-state index contributed by atoms with van der Waals surface area (Å²) < 4.78 is 26.7. The molecule has 2 N–H and O–H groups in total. The lowest BCUT2D eigenvalue weighted by atomic mass is 10.0. The van der Waals surface area contributed by atoms with Crippen molar-refractivity contribution in [1.29, 1.82) is 0 Å². The van der Waals surface area contributed by atoms with E-state index < -0.39 is 29.7 Å². The Morgan fingerprint density at radius 3 is 2.50 bits per heavy atom. The number of aliphatic hydroxyl groups is 1. The third kappa shape index (κ3) is 3.89. The minimum absolute atomic E-state index is 0.271. The molecule has 2 aromatic carbocycles. The molecule has 0 saturated heterocycles. The second-order valence-electron chi connectivity index (χ2n) is 5.14. The zero-order chi connectivity index (χ0) is 16.1. The fourth-order valence-corrected chi connectivity index (χ4v) is 2.19. The summed E-state index contributed by atoms with van der Waals surface area (Å²) in [5.74, 6) is -2.94. The van der Waals surface area contributed by atoms with Crippen molar-refractivity contribution < 1.29 is 18.7 Å². The molecule has 0 heterocycles. The zero-order valence-electron chi connectivity index (χ0n) is 12.1. The van der Waals surface area contributed by atoms with Gasteiger partial charge in [-0.1, -0.05) is 36.4 Å². The number of nitrogens with one attached hydrogen (secondary N) is 1. The smallest absolute Gasteiger partial charge is 0.254 e. The van der Waals surface area contributed by atoms with Crippen molar-refractivity contribution in [2.75, 3.05) is 0 Å². The van der Waals surface area contributed by atoms with Crippen LogP contribution in [0.4, 0.5) is 8.78 Å². The summed E-state index contributed by atoms with van der Waals surface area (Å²) in [6, 6.07) is 12.1. The van der Waals surface area contributed by atoms with Gasteiger partial charge in [0.25, 0.3) is 5.91 Å². The first kappa shape index (κ1) is 16.1. The van der Waals surface area contributed by atoms with Gasteiger partial charge in [0.15, 0.2) is 11.6 Å². The molecule has 116 valence electrons. The lowest BCUT2D eigenvalue weighted by Gasteiger charge is -2.18. The molecule has 22 heavy (non-hydrogen) atoms. The molecule has 0 aliphatic carbocycles. The molecular weight excluding hydrogens is 288 g/mol. The topological polar surface area (TPSA) is 49.3 Å². The maximum atomic E-state index is 13.5. The van der Waals surface area contributed by atoms with Crippen LogP contribution in [0, 0.1) is 11.6 Å². The largest absolute Gasteiger partial charge is 0.388 e. The monoisotopic (exact) mass is 305 g/mol. The number of benzene rings is 2.